The maximum absolute atomic E-state index is 10.6. The van der Waals surface area contributed by atoms with Crippen molar-refractivity contribution in [1.29, 1.82) is 0 Å². The van der Waals surface area contributed by atoms with E-state index in [1.165, 1.54) is 0 Å². The van der Waals surface area contributed by atoms with Crippen LogP contribution in [0.3, 0.4) is 0 Å². The lowest BCUT2D eigenvalue weighted by molar-refractivity contribution is 0.0787. The van der Waals surface area contributed by atoms with Crippen LogP contribution in [0.25, 0.3) is 53.7 Å². The number of aromatic amines is 1. The molecule has 0 saturated carbocycles. The third-order valence-corrected chi connectivity index (χ3v) is 6.22. The van der Waals surface area contributed by atoms with Crippen LogP contribution in [0.2, 0.25) is 0 Å². The number of benzene rings is 4. The monoisotopic (exact) mass is 480 g/mol. The smallest absolute Gasteiger partial charge is 0.187 e. The first kappa shape index (κ1) is 20.2. The second-order valence-corrected chi connectivity index (χ2v) is 9.13. The van der Waals surface area contributed by atoms with Gasteiger partial charge in [0.2, 0.25) is 0 Å². The number of nitrogens with one attached hydrogen (secondary N) is 1. The summed E-state index contributed by atoms with van der Waals surface area (Å²) >= 11 is 3.58. The molecular formula is C26H17BrN4O. The van der Waals surface area contributed by atoms with E-state index < -0.39 is 5.60 Å². The lowest BCUT2D eigenvalue weighted by Gasteiger charge is -2.19. The fourth-order valence-electron chi connectivity index (χ4n) is 4.15. The summed E-state index contributed by atoms with van der Waals surface area (Å²) in [6.45, 7) is 18.7. The highest BCUT2D eigenvalue weighted by Crippen LogP contribution is 2.42. The van der Waals surface area contributed by atoms with E-state index in [9.17, 15) is 5.11 Å². The minimum absolute atomic E-state index is 0.387. The molecule has 0 radical (unpaired) electrons. The van der Waals surface area contributed by atoms with Crippen molar-refractivity contribution >= 4 is 59.9 Å². The Morgan fingerprint density at radius 1 is 0.906 bits per heavy atom. The van der Waals surface area contributed by atoms with Gasteiger partial charge in [0.1, 0.15) is 5.82 Å². The normalized spacial score (nSPS) is 11.7. The number of imidazole rings is 1. The standard InChI is InChI=1S/C26H17BrN4O/c1-26(2,32)14-8-10-16-18(12-14)19-13-15(27)9-11-17(19)24-23(16)30-25(31-24)22-20(28-3)6-5-7-21(22)29-4/h5-13,32H,1-2H3,(H,30,31). The number of nitrogens with zero attached hydrogens (tertiary/aromatic N) is 3. The molecule has 1 heterocycles. The van der Waals surface area contributed by atoms with Crippen molar-refractivity contribution in [2.24, 2.45) is 0 Å². The number of aliphatic hydroxyl groups is 1. The van der Waals surface area contributed by atoms with Crippen molar-refractivity contribution in [1.82, 2.24) is 9.97 Å². The number of H-pyrrole nitrogens is 1. The number of hydrogen-bond donors (Lipinski definition) is 2. The number of halogens is 1. The van der Waals surface area contributed by atoms with Crippen molar-refractivity contribution in [3.63, 3.8) is 0 Å². The quantitative estimate of drug-likeness (QED) is 0.201. The summed E-state index contributed by atoms with van der Waals surface area (Å²) < 4.78 is 0.948. The third kappa shape index (κ3) is 3.05. The first-order chi connectivity index (χ1) is 15.3. The summed E-state index contributed by atoms with van der Waals surface area (Å²) in [6, 6.07) is 17.1. The molecule has 6 heteroatoms. The highest BCUT2D eigenvalue weighted by molar-refractivity contribution is 9.10. The van der Waals surface area contributed by atoms with Gasteiger partial charge in [0.15, 0.2) is 11.4 Å². The molecule has 0 aliphatic rings. The van der Waals surface area contributed by atoms with Crippen LogP contribution in [-0.4, -0.2) is 15.1 Å². The van der Waals surface area contributed by atoms with Crippen LogP contribution in [-0.2, 0) is 5.60 Å². The zero-order chi connectivity index (χ0) is 22.6. The van der Waals surface area contributed by atoms with E-state index in [-0.39, 0.29) is 0 Å². The molecule has 0 bridgehead atoms. The Labute approximate surface area is 193 Å². The van der Waals surface area contributed by atoms with Gasteiger partial charge in [-0.05, 0) is 48.4 Å². The summed E-state index contributed by atoms with van der Waals surface area (Å²) in [4.78, 5) is 15.5. The Hall–Kier alpha value is -3.71. The first-order valence-electron chi connectivity index (χ1n) is 9.97. The molecule has 0 saturated heterocycles. The van der Waals surface area contributed by atoms with Gasteiger partial charge in [-0.1, -0.05) is 52.3 Å². The molecule has 0 aliphatic carbocycles. The van der Waals surface area contributed by atoms with Gasteiger partial charge < -0.3 is 10.1 Å². The molecule has 0 aliphatic heterocycles. The number of rotatable bonds is 2. The third-order valence-electron chi connectivity index (χ3n) is 5.72. The zero-order valence-electron chi connectivity index (χ0n) is 17.4. The Kier molecular flexibility index (Phi) is 4.53. The van der Waals surface area contributed by atoms with Crippen molar-refractivity contribution < 1.29 is 5.11 Å². The highest BCUT2D eigenvalue weighted by atomic mass is 79.9. The van der Waals surface area contributed by atoms with Crippen LogP contribution in [0.5, 0.6) is 0 Å². The van der Waals surface area contributed by atoms with Crippen LogP contribution in [0.15, 0.2) is 59.1 Å². The lowest BCUT2D eigenvalue weighted by atomic mass is 9.92. The number of fused-ring (bicyclic) bond motifs is 6. The summed E-state index contributed by atoms with van der Waals surface area (Å²) in [7, 11) is 0. The van der Waals surface area contributed by atoms with E-state index in [0.717, 1.165) is 42.6 Å². The van der Waals surface area contributed by atoms with Gasteiger partial charge in [-0.2, -0.15) is 0 Å². The van der Waals surface area contributed by atoms with Gasteiger partial charge in [-0.3, -0.25) is 0 Å². The largest absolute Gasteiger partial charge is 0.386 e. The molecule has 0 spiro atoms. The Morgan fingerprint density at radius 3 is 2.22 bits per heavy atom. The minimum atomic E-state index is -0.972. The summed E-state index contributed by atoms with van der Waals surface area (Å²) in [5.74, 6) is 0.501. The summed E-state index contributed by atoms with van der Waals surface area (Å²) in [6.07, 6.45) is 0. The van der Waals surface area contributed by atoms with Gasteiger partial charge >= 0.3 is 0 Å². The molecule has 5 aromatic rings. The second kappa shape index (κ2) is 7.17. The van der Waals surface area contributed by atoms with Crippen LogP contribution in [0, 0.1) is 13.1 Å². The fourth-order valence-corrected chi connectivity index (χ4v) is 4.51. The van der Waals surface area contributed by atoms with E-state index in [1.54, 1.807) is 32.0 Å². The molecule has 0 unspecified atom stereocenters. The van der Waals surface area contributed by atoms with Crippen molar-refractivity contribution in [3.05, 3.63) is 87.5 Å². The van der Waals surface area contributed by atoms with Crippen molar-refractivity contribution in [3.8, 4) is 11.4 Å². The molecule has 4 aromatic carbocycles. The Morgan fingerprint density at radius 2 is 1.56 bits per heavy atom. The van der Waals surface area contributed by atoms with Crippen LogP contribution in [0.1, 0.15) is 19.4 Å². The first-order valence-corrected chi connectivity index (χ1v) is 10.8. The van der Waals surface area contributed by atoms with Gasteiger partial charge in [0.05, 0.1) is 29.8 Å². The average molecular weight is 481 g/mol. The molecule has 5 nitrogen and oxygen atoms in total. The average Bonchev–Trinajstić information content (AvgIpc) is 3.22. The van der Waals surface area contributed by atoms with E-state index in [4.69, 9.17) is 18.1 Å². The zero-order valence-corrected chi connectivity index (χ0v) is 18.9. The molecule has 0 amide bonds. The summed E-state index contributed by atoms with van der Waals surface area (Å²) in [5, 5.41) is 14.5. The van der Waals surface area contributed by atoms with Gasteiger partial charge in [-0.25, -0.2) is 14.7 Å². The van der Waals surface area contributed by atoms with Crippen LogP contribution in [0.4, 0.5) is 11.4 Å². The second-order valence-electron chi connectivity index (χ2n) is 8.21. The number of aromatic nitrogens is 2. The van der Waals surface area contributed by atoms with Gasteiger partial charge in [-0.15, -0.1) is 0 Å². The predicted octanol–water partition coefficient (Wildman–Crippen LogP) is 7.63. The minimum Gasteiger partial charge on any atom is -0.386 e. The van der Waals surface area contributed by atoms with E-state index >= 15 is 0 Å². The maximum Gasteiger partial charge on any atom is 0.187 e. The van der Waals surface area contributed by atoms with Crippen molar-refractivity contribution in [2.75, 3.05) is 0 Å². The SMILES string of the molecule is [C-]#[N+]c1cccc([N+]#[C-])c1-c1nc2c3ccc(Br)cc3c3cc(C(C)(C)O)ccc3c2[nH]1. The summed E-state index contributed by atoms with van der Waals surface area (Å²) in [5.41, 5.74) is 2.75. The lowest BCUT2D eigenvalue weighted by Crippen LogP contribution is -2.15. The van der Waals surface area contributed by atoms with Gasteiger partial charge in [0.25, 0.3) is 0 Å². The van der Waals surface area contributed by atoms with Crippen molar-refractivity contribution in [2.45, 2.75) is 19.4 Å². The highest BCUT2D eigenvalue weighted by Gasteiger charge is 2.21. The molecule has 0 atom stereocenters. The molecule has 1 aromatic heterocycles. The van der Waals surface area contributed by atoms with Gasteiger partial charge in [0, 0.05) is 20.8 Å². The van der Waals surface area contributed by atoms with E-state index in [0.29, 0.717) is 22.8 Å². The van der Waals surface area contributed by atoms with Crippen LogP contribution < -0.4 is 0 Å². The topological polar surface area (TPSA) is 57.6 Å². The van der Waals surface area contributed by atoms with Crippen LogP contribution >= 0.6 is 15.9 Å². The molecule has 32 heavy (non-hydrogen) atoms. The molecule has 2 N–H and O–H groups in total. The maximum atomic E-state index is 10.6. The molecular weight excluding hydrogens is 464 g/mol. The molecule has 154 valence electrons. The molecule has 0 fully saturated rings. The Bertz CT molecular complexity index is 1610. The van der Waals surface area contributed by atoms with E-state index in [1.807, 2.05) is 30.3 Å². The molecule has 5 rings (SSSR count). The predicted molar refractivity (Wildman–Crippen MR) is 132 cm³/mol. The fraction of sp³-hybridized carbons (Fsp3) is 0.115. The Balaban J connectivity index is 1.95. The van der Waals surface area contributed by atoms with E-state index in [2.05, 4.69) is 36.7 Å². The number of hydrogen-bond acceptors (Lipinski definition) is 2.